The first-order valence-electron chi connectivity index (χ1n) is 5.86. The van der Waals surface area contributed by atoms with Crippen LogP contribution in [0, 0.1) is 0 Å². The van der Waals surface area contributed by atoms with Gasteiger partial charge in [-0.15, -0.1) is 0 Å². The minimum atomic E-state index is -0.260. The van der Waals surface area contributed by atoms with Crippen molar-refractivity contribution >= 4 is 21.6 Å². The third-order valence-corrected chi connectivity index (χ3v) is 3.48. The molecule has 1 aromatic rings. The molecule has 0 saturated heterocycles. The molecule has 96 valence electrons. The van der Waals surface area contributed by atoms with Crippen molar-refractivity contribution in [2.24, 2.45) is 5.73 Å². The van der Waals surface area contributed by atoms with E-state index in [1.165, 1.54) is 0 Å². The Labute approximate surface area is 112 Å². The number of nitrogens with two attached hydrogens (primary N) is 1. The Balaban J connectivity index is 2.75. The van der Waals surface area contributed by atoms with E-state index in [2.05, 4.69) is 33.0 Å². The van der Waals surface area contributed by atoms with Gasteiger partial charge in [0, 0.05) is 29.8 Å². The van der Waals surface area contributed by atoms with Crippen LogP contribution in [0.4, 0.5) is 5.69 Å². The summed E-state index contributed by atoms with van der Waals surface area (Å²) >= 11 is 3.54. The number of aliphatic hydroxyl groups is 1. The third-order valence-electron chi connectivity index (χ3n) is 2.80. The van der Waals surface area contributed by atoms with Crippen molar-refractivity contribution in [1.29, 1.82) is 0 Å². The number of rotatable bonds is 5. The molecule has 1 unspecified atom stereocenters. The van der Waals surface area contributed by atoms with Gasteiger partial charge in [-0.2, -0.15) is 0 Å². The van der Waals surface area contributed by atoms with Gasteiger partial charge in [0.05, 0.1) is 6.10 Å². The number of anilines is 1. The molecule has 0 aliphatic rings. The third kappa shape index (κ3) is 4.30. The van der Waals surface area contributed by atoms with Crippen LogP contribution in [0.25, 0.3) is 0 Å². The molecular formula is C13H21BrN2O. The van der Waals surface area contributed by atoms with E-state index in [1.807, 2.05) is 27.0 Å². The summed E-state index contributed by atoms with van der Waals surface area (Å²) in [6.07, 6.45) is 0.507. The Hall–Kier alpha value is -0.580. The summed E-state index contributed by atoms with van der Waals surface area (Å²) in [5.41, 5.74) is 8.10. The fourth-order valence-electron chi connectivity index (χ4n) is 1.63. The summed E-state index contributed by atoms with van der Waals surface area (Å²) < 4.78 is 1.04. The fraction of sp³-hybridized carbons (Fsp3) is 0.538. The zero-order valence-electron chi connectivity index (χ0n) is 10.7. The lowest BCUT2D eigenvalue weighted by molar-refractivity contribution is 0.187. The van der Waals surface area contributed by atoms with Crippen molar-refractivity contribution in [2.75, 3.05) is 18.5 Å². The van der Waals surface area contributed by atoms with Crippen LogP contribution < -0.4 is 10.6 Å². The quantitative estimate of drug-likeness (QED) is 0.879. The van der Waals surface area contributed by atoms with E-state index < -0.39 is 0 Å². The molecule has 0 fully saturated rings. The number of halogens is 1. The number of nitrogens with zero attached hydrogens (tertiary/aromatic N) is 1. The minimum absolute atomic E-state index is 0.0289. The number of aliphatic hydroxyl groups excluding tert-OH is 1. The average molecular weight is 301 g/mol. The second-order valence-electron chi connectivity index (χ2n) is 4.55. The van der Waals surface area contributed by atoms with Crippen molar-refractivity contribution in [3.05, 3.63) is 28.2 Å². The molecule has 0 aliphatic carbocycles. The zero-order chi connectivity index (χ0) is 13.0. The maximum atomic E-state index is 9.27. The molecule has 0 aliphatic heterocycles. The topological polar surface area (TPSA) is 49.5 Å². The number of hydrogen-bond acceptors (Lipinski definition) is 3. The molecule has 0 spiro atoms. The van der Waals surface area contributed by atoms with Crippen LogP contribution in [-0.2, 0) is 0 Å². The van der Waals surface area contributed by atoms with Gasteiger partial charge < -0.3 is 15.7 Å². The summed E-state index contributed by atoms with van der Waals surface area (Å²) in [7, 11) is 2.02. The van der Waals surface area contributed by atoms with Gasteiger partial charge >= 0.3 is 0 Å². The lowest BCUT2D eigenvalue weighted by atomic mass is 10.1. The van der Waals surface area contributed by atoms with Crippen LogP contribution in [0.1, 0.15) is 31.9 Å². The summed E-state index contributed by atoms with van der Waals surface area (Å²) in [5.74, 6) is 0. The molecule has 3 N–H and O–H groups in total. The van der Waals surface area contributed by atoms with Crippen LogP contribution in [0.2, 0.25) is 0 Å². The van der Waals surface area contributed by atoms with Gasteiger partial charge in [0.25, 0.3) is 0 Å². The van der Waals surface area contributed by atoms with E-state index >= 15 is 0 Å². The van der Waals surface area contributed by atoms with Gasteiger partial charge in [0.15, 0.2) is 0 Å². The first-order valence-corrected chi connectivity index (χ1v) is 6.65. The van der Waals surface area contributed by atoms with Crippen LogP contribution in [0.15, 0.2) is 22.7 Å². The van der Waals surface area contributed by atoms with Gasteiger partial charge in [-0.1, -0.05) is 22.0 Å². The molecule has 0 bridgehead atoms. The van der Waals surface area contributed by atoms with E-state index in [4.69, 9.17) is 5.73 Å². The molecule has 0 aromatic heterocycles. The van der Waals surface area contributed by atoms with Crippen molar-refractivity contribution < 1.29 is 5.11 Å². The van der Waals surface area contributed by atoms with Crippen LogP contribution in [0.5, 0.6) is 0 Å². The van der Waals surface area contributed by atoms with Crippen molar-refractivity contribution in [3.8, 4) is 0 Å². The highest BCUT2D eigenvalue weighted by Crippen LogP contribution is 2.27. The molecule has 3 nitrogen and oxygen atoms in total. The molecule has 1 rings (SSSR count). The monoisotopic (exact) mass is 300 g/mol. The standard InChI is InChI=1S/C13H21BrN2O/c1-9(17)6-7-16(3)11-4-5-12(10(2)15)13(14)8-11/h4-5,8-10,17H,6-7,15H2,1-3H3/t9?,10-/m0/s1. The highest BCUT2D eigenvalue weighted by atomic mass is 79.9. The second-order valence-corrected chi connectivity index (χ2v) is 5.41. The van der Waals surface area contributed by atoms with E-state index in [-0.39, 0.29) is 12.1 Å². The van der Waals surface area contributed by atoms with Crippen LogP contribution in [-0.4, -0.2) is 24.8 Å². The van der Waals surface area contributed by atoms with Gasteiger partial charge in [-0.25, -0.2) is 0 Å². The Morgan fingerprint density at radius 2 is 2.06 bits per heavy atom. The highest BCUT2D eigenvalue weighted by Gasteiger charge is 2.08. The van der Waals surface area contributed by atoms with Gasteiger partial charge in [-0.3, -0.25) is 0 Å². The molecule has 17 heavy (non-hydrogen) atoms. The Morgan fingerprint density at radius 3 is 2.53 bits per heavy atom. The highest BCUT2D eigenvalue weighted by molar-refractivity contribution is 9.10. The summed E-state index contributed by atoms with van der Waals surface area (Å²) in [6, 6.07) is 6.20. The van der Waals surface area contributed by atoms with Crippen molar-refractivity contribution in [1.82, 2.24) is 0 Å². The fourth-order valence-corrected chi connectivity index (χ4v) is 2.36. The van der Waals surface area contributed by atoms with Crippen LogP contribution in [0.3, 0.4) is 0 Å². The van der Waals surface area contributed by atoms with Gasteiger partial charge in [0.2, 0.25) is 0 Å². The summed E-state index contributed by atoms with van der Waals surface area (Å²) in [4.78, 5) is 2.13. The van der Waals surface area contributed by atoms with Crippen LogP contribution >= 0.6 is 15.9 Å². The molecule has 2 atom stereocenters. The average Bonchev–Trinajstić information content (AvgIpc) is 2.25. The zero-order valence-corrected chi connectivity index (χ0v) is 12.2. The Morgan fingerprint density at radius 1 is 1.41 bits per heavy atom. The van der Waals surface area contributed by atoms with E-state index in [0.29, 0.717) is 0 Å². The van der Waals surface area contributed by atoms with Crippen molar-refractivity contribution in [2.45, 2.75) is 32.4 Å². The minimum Gasteiger partial charge on any atom is -0.393 e. The predicted octanol–water partition coefficient (Wildman–Crippen LogP) is 2.68. The largest absolute Gasteiger partial charge is 0.393 e. The van der Waals surface area contributed by atoms with Crippen molar-refractivity contribution in [3.63, 3.8) is 0 Å². The molecule has 0 amide bonds. The lowest BCUT2D eigenvalue weighted by Crippen LogP contribution is -2.22. The van der Waals surface area contributed by atoms with E-state index in [9.17, 15) is 5.11 Å². The Bertz CT molecular complexity index is 366. The molecule has 4 heteroatoms. The smallest absolute Gasteiger partial charge is 0.0528 e. The second kappa shape index (κ2) is 6.38. The first kappa shape index (κ1) is 14.5. The molecule has 0 saturated carbocycles. The SMILES string of the molecule is CC(O)CCN(C)c1ccc([C@H](C)N)c(Br)c1. The molecular weight excluding hydrogens is 280 g/mol. The lowest BCUT2D eigenvalue weighted by Gasteiger charge is -2.21. The number of benzene rings is 1. The predicted molar refractivity (Wildman–Crippen MR) is 76.3 cm³/mol. The Kier molecular flexibility index (Phi) is 5.43. The number of hydrogen-bond donors (Lipinski definition) is 2. The van der Waals surface area contributed by atoms with Gasteiger partial charge in [0.1, 0.15) is 0 Å². The maximum absolute atomic E-state index is 9.27. The van der Waals surface area contributed by atoms with Gasteiger partial charge in [-0.05, 0) is 38.0 Å². The maximum Gasteiger partial charge on any atom is 0.0528 e. The normalized spacial score (nSPS) is 14.5. The summed E-state index contributed by atoms with van der Waals surface area (Å²) in [5, 5.41) is 9.27. The summed E-state index contributed by atoms with van der Waals surface area (Å²) in [6.45, 7) is 4.61. The van der Waals surface area contributed by atoms with E-state index in [0.717, 1.165) is 28.7 Å². The molecule has 0 heterocycles. The first-order chi connectivity index (χ1) is 7.91. The molecule has 0 radical (unpaired) electrons. The van der Waals surface area contributed by atoms with E-state index in [1.54, 1.807) is 0 Å². The molecule has 1 aromatic carbocycles.